The Kier molecular flexibility index (Phi) is 9.09. The zero-order chi connectivity index (χ0) is 33.2. The number of carbonyl (C=O) groups is 2. The molecule has 0 atom stereocenters. The van der Waals surface area contributed by atoms with Gasteiger partial charge in [-0.05, 0) is 43.5 Å². The van der Waals surface area contributed by atoms with Gasteiger partial charge in [0.25, 0.3) is 11.5 Å². The summed E-state index contributed by atoms with van der Waals surface area (Å²) in [6.07, 6.45) is 13.4. The predicted molar refractivity (Wildman–Crippen MR) is 186 cm³/mol. The van der Waals surface area contributed by atoms with Gasteiger partial charge in [-0.1, -0.05) is 18.6 Å². The fourth-order valence-corrected chi connectivity index (χ4v) is 6.97. The van der Waals surface area contributed by atoms with Crippen LogP contribution in [0.5, 0.6) is 0 Å². The van der Waals surface area contributed by atoms with Crippen molar-refractivity contribution in [2.45, 2.75) is 31.7 Å². The van der Waals surface area contributed by atoms with Crippen LogP contribution in [0.2, 0.25) is 0 Å². The molecule has 1 amide bonds. The third-order valence-electron chi connectivity index (χ3n) is 9.86. The molecule has 7 rings (SSSR count). The van der Waals surface area contributed by atoms with Crippen LogP contribution in [0.1, 0.15) is 36.0 Å². The highest BCUT2D eigenvalue weighted by molar-refractivity contribution is 6.09. The molecule has 12 nitrogen and oxygen atoms in total. The second kappa shape index (κ2) is 13.7. The molecule has 250 valence electrons. The van der Waals surface area contributed by atoms with Gasteiger partial charge in [0.05, 0.1) is 43.0 Å². The highest BCUT2D eigenvalue weighted by Gasteiger charge is 2.33. The Balaban J connectivity index is 1.12. The number of hydrogen-bond acceptors (Lipinski definition) is 10. The lowest BCUT2D eigenvalue weighted by atomic mass is 10.0. The van der Waals surface area contributed by atoms with Crippen molar-refractivity contribution in [1.29, 1.82) is 0 Å². The predicted octanol–water partition coefficient (Wildman–Crippen LogP) is 3.58. The number of hydrogen-bond donors (Lipinski definition) is 1. The molecular formula is C36H42N8O4. The van der Waals surface area contributed by atoms with Crippen molar-refractivity contribution in [3.63, 3.8) is 0 Å². The number of aldehydes is 1. The van der Waals surface area contributed by atoms with E-state index in [1.807, 2.05) is 24.4 Å². The van der Waals surface area contributed by atoms with Crippen LogP contribution in [0, 0.1) is 0 Å². The number of nitrogens with zero attached hydrogens (tertiary/aromatic N) is 7. The summed E-state index contributed by atoms with van der Waals surface area (Å²) >= 11 is 0. The minimum atomic E-state index is -0.240. The lowest BCUT2D eigenvalue weighted by molar-refractivity contribution is -0.117. The van der Waals surface area contributed by atoms with Crippen molar-refractivity contribution in [3.05, 3.63) is 82.8 Å². The molecule has 0 spiro atoms. The van der Waals surface area contributed by atoms with Crippen LogP contribution in [0.25, 0.3) is 11.1 Å². The van der Waals surface area contributed by atoms with Gasteiger partial charge in [0.15, 0.2) is 6.29 Å². The Bertz CT molecular complexity index is 1790. The SMILES string of the molecule is C=C1/C=C2/C(=O)N(c3cncc(-c4cc(Nc5ccc(N6CCN(C7COC7)CC6)cn5)c(=O)n(C)c4)c3C=O)CCN2CCCCC1. The second-order valence-electron chi connectivity index (χ2n) is 13.0. The molecule has 3 fully saturated rings. The molecule has 1 N–H and O–H groups in total. The lowest BCUT2D eigenvalue weighted by Gasteiger charge is -2.43. The van der Waals surface area contributed by atoms with Gasteiger partial charge < -0.3 is 29.3 Å². The lowest BCUT2D eigenvalue weighted by Crippen LogP contribution is -2.56. The normalized spacial score (nSPS) is 20.6. The molecule has 48 heavy (non-hydrogen) atoms. The van der Waals surface area contributed by atoms with Crippen molar-refractivity contribution < 1.29 is 14.3 Å². The third kappa shape index (κ3) is 6.37. The molecule has 0 radical (unpaired) electrons. The summed E-state index contributed by atoms with van der Waals surface area (Å²) < 4.78 is 6.82. The summed E-state index contributed by atoms with van der Waals surface area (Å²) in [7, 11) is 1.67. The Morgan fingerprint density at radius 3 is 2.50 bits per heavy atom. The molecule has 3 saturated heterocycles. The smallest absolute Gasteiger partial charge is 0.274 e. The first kappa shape index (κ1) is 31.8. The maximum Gasteiger partial charge on any atom is 0.274 e. The molecule has 4 aliphatic rings. The average molecular weight is 651 g/mol. The van der Waals surface area contributed by atoms with Gasteiger partial charge in [0, 0.05) is 81.9 Å². The van der Waals surface area contributed by atoms with Crippen molar-refractivity contribution in [2.24, 2.45) is 7.05 Å². The fraction of sp³-hybridized carbons (Fsp3) is 0.417. The summed E-state index contributed by atoms with van der Waals surface area (Å²) in [6.45, 7) is 11.6. The van der Waals surface area contributed by atoms with Gasteiger partial charge >= 0.3 is 0 Å². The summed E-state index contributed by atoms with van der Waals surface area (Å²) in [4.78, 5) is 57.5. The minimum absolute atomic E-state index is 0.168. The molecule has 3 aromatic rings. The quantitative estimate of drug-likeness (QED) is 0.381. The molecule has 12 heteroatoms. The number of aromatic nitrogens is 3. The highest BCUT2D eigenvalue weighted by atomic mass is 16.5. The zero-order valence-corrected chi connectivity index (χ0v) is 27.4. The topological polar surface area (TPSA) is 116 Å². The van der Waals surface area contributed by atoms with E-state index in [-0.39, 0.29) is 11.5 Å². The third-order valence-corrected chi connectivity index (χ3v) is 9.86. The van der Waals surface area contributed by atoms with Gasteiger partial charge in [-0.3, -0.25) is 24.3 Å². The monoisotopic (exact) mass is 650 g/mol. The number of carbonyl (C=O) groups excluding carboxylic acids is 2. The van der Waals surface area contributed by atoms with Gasteiger partial charge in [0.2, 0.25) is 0 Å². The van der Waals surface area contributed by atoms with E-state index in [0.29, 0.717) is 58.7 Å². The Labute approximate surface area is 280 Å². The summed E-state index contributed by atoms with van der Waals surface area (Å²) in [6, 6.07) is 6.14. The van der Waals surface area contributed by atoms with Crippen LogP contribution >= 0.6 is 0 Å². The molecular weight excluding hydrogens is 608 g/mol. The number of anilines is 4. The number of piperazine rings is 2. The van der Waals surface area contributed by atoms with Crippen molar-refractivity contribution in [2.75, 3.05) is 74.1 Å². The van der Waals surface area contributed by atoms with Crippen molar-refractivity contribution >= 4 is 35.1 Å². The molecule has 4 aliphatic heterocycles. The average Bonchev–Trinajstić information content (AvgIpc) is 3.17. The van der Waals surface area contributed by atoms with E-state index in [9.17, 15) is 14.4 Å². The van der Waals surface area contributed by atoms with Crippen molar-refractivity contribution in [3.8, 4) is 11.1 Å². The van der Waals surface area contributed by atoms with Gasteiger partial charge in [-0.15, -0.1) is 0 Å². The molecule has 0 aliphatic carbocycles. The number of rotatable bonds is 7. The highest BCUT2D eigenvalue weighted by Crippen LogP contribution is 2.33. The van der Waals surface area contributed by atoms with E-state index < -0.39 is 0 Å². The number of fused-ring (bicyclic) bond motifs is 1. The van der Waals surface area contributed by atoms with Crippen LogP contribution in [0.3, 0.4) is 0 Å². The van der Waals surface area contributed by atoms with E-state index >= 15 is 0 Å². The first-order valence-electron chi connectivity index (χ1n) is 16.8. The number of amides is 1. The van der Waals surface area contributed by atoms with Crippen LogP contribution in [0.4, 0.5) is 22.9 Å². The standard InChI is InChI=1S/C36H42N8O4/c1-25-6-4-3-5-9-43-14-15-44(36(47)32(43)16-25)33-20-37-19-29(30(33)22-45)26-17-31(35(46)40(2)21-26)39-34-8-7-27(18-38-34)41-10-12-42(13-11-41)28-23-48-24-28/h7-8,16-22,28H,1,3-6,9-15,23-24H2,2H3,(H,38,39)/b32-16-. The van der Waals surface area contributed by atoms with Gasteiger partial charge in [0.1, 0.15) is 17.2 Å². The Hall–Kier alpha value is -4.81. The fourth-order valence-electron chi connectivity index (χ4n) is 6.97. The molecule has 0 unspecified atom stereocenters. The number of nitrogens with one attached hydrogen (secondary N) is 1. The maximum absolute atomic E-state index is 13.9. The molecule has 0 saturated carbocycles. The van der Waals surface area contributed by atoms with Crippen LogP contribution in [-0.2, 0) is 16.6 Å². The Morgan fingerprint density at radius 1 is 0.958 bits per heavy atom. The van der Waals surface area contributed by atoms with Gasteiger partial charge in [-0.25, -0.2) is 4.98 Å². The zero-order valence-electron chi connectivity index (χ0n) is 27.4. The first-order valence-corrected chi connectivity index (χ1v) is 16.8. The minimum Gasteiger partial charge on any atom is -0.378 e. The second-order valence-corrected chi connectivity index (χ2v) is 13.0. The van der Waals surface area contributed by atoms with Crippen molar-refractivity contribution in [1.82, 2.24) is 24.3 Å². The maximum atomic E-state index is 13.9. The van der Waals surface area contributed by atoms with E-state index in [1.165, 1.54) is 4.57 Å². The van der Waals surface area contributed by atoms with Gasteiger partial charge in [-0.2, -0.15) is 0 Å². The molecule has 0 bridgehead atoms. The summed E-state index contributed by atoms with van der Waals surface area (Å²) in [5.74, 6) is 0.368. The van der Waals surface area contributed by atoms with Crippen LogP contribution < -0.4 is 20.7 Å². The van der Waals surface area contributed by atoms with E-state index in [0.717, 1.165) is 89.2 Å². The first-order chi connectivity index (χ1) is 23.4. The number of allylic oxidation sites excluding steroid dienone is 2. The van der Waals surface area contributed by atoms with Crippen LogP contribution in [-0.4, -0.2) is 102 Å². The van der Waals surface area contributed by atoms with E-state index in [2.05, 4.69) is 36.6 Å². The Morgan fingerprint density at radius 2 is 1.77 bits per heavy atom. The van der Waals surface area contributed by atoms with E-state index in [1.54, 1.807) is 36.6 Å². The van der Waals surface area contributed by atoms with E-state index in [4.69, 9.17) is 4.74 Å². The summed E-state index contributed by atoms with van der Waals surface area (Å²) in [5, 5.41) is 3.18. The van der Waals surface area contributed by atoms with Crippen LogP contribution in [0.15, 0.2) is 71.7 Å². The molecule has 0 aromatic carbocycles. The molecule has 7 heterocycles. The largest absolute Gasteiger partial charge is 0.378 e. The summed E-state index contributed by atoms with van der Waals surface area (Å²) in [5.41, 5.74) is 4.58. The number of pyridine rings is 3. The number of ether oxygens (including phenoxy) is 1. The molecule has 3 aromatic heterocycles. The number of aryl methyl sites for hydroxylation is 1.